The molecule has 0 bridgehead atoms. The summed E-state index contributed by atoms with van der Waals surface area (Å²) in [6.45, 7) is 8.71. The topological polar surface area (TPSA) is 63.4 Å². The molecule has 1 aromatic rings. The Morgan fingerprint density at radius 2 is 1.95 bits per heavy atom. The molecule has 1 aliphatic heterocycles. The second-order valence-electron chi connectivity index (χ2n) is 6.32. The number of hydrogen-bond donors (Lipinski definition) is 2. The van der Waals surface area contributed by atoms with Gasteiger partial charge in [-0.2, -0.15) is 0 Å². The highest BCUT2D eigenvalue weighted by atomic mass is 16.7. The highest BCUT2D eigenvalue weighted by Gasteiger charge is 2.52. The van der Waals surface area contributed by atoms with Crippen molar-refractivity contribution in [3.05, 3.63) is 39.7 Å². The summed E-state index contributed by atoms with van der Waals surface area (Å²) in [5.74, 6) is 0. The van der Waals surface area contributed by atoms with E-state index in [9.17, 15) is 4.79 Å². The Balaban J connectivity index is 2.30. The van der Waals surface area contributed by atoms with Crippen molar-refractivity contribution in [1.82, 2.24) is 10.3 Å². The fourth-order valence-electron chi connectivity index (χ4n) is 2.15. The van der Waals surface area contributed by atoms with Gasteiger partial charge in [0.25, 0.3) is 0 Å². The number of H-pyrrole nitrogens is 1. The Hall–Kier alpha value is -1.37. The summed E-state index contributed by atoms with van der Waals surface area (Å²) in [6, 6.07) is 3.05. The van der Waals surface area contributed by atoms with Gasteiger partial charge in [-0.3, -0.25) is 4.79 Å². The van der Waals surface area contributed by atoms with Crippen molar-refractivity contribution >= 4 is 13.2 Å². The third-order valence-corrected chi connectivity index (χ3v) is 4.07. The lowest BCUT2D eigenvalue weighted by Crippen LogP contribution is -2.41. The Morgan fingerprint density at radius 1 is 1.33 bits per heavy atom. The summed E-state index contributed by atoms with van der Waals surface area (Å²) in [5.41, 5.74) is 0.890. The number of nitrogens with one attached hydrogen (secondary N) is 2. The number of pyridine rings is 1. The SMILES string of the molecule is CNCC(=Cc1cc(=O)cc[nH]1)B1OC(C)(C)C(C)(C)O1. The Labute approximate surface area is 125 Å². The highest BCUT2D eigenvalue weighted by Crippen LogP contribution is 2.38. The molecule has 0 saturated carbocycles. The van der Waals surface area contributed by atoms with Crippen molar-refractivity contribution in [2.45, 2.75) is 38.9 Å². The molecule has 1 fully saturated rings. The van der Waals surface area contributed by atoms with Gasteiger partial charge in [-0.15, -0.1) is 0 Å². The van der Waals surface area contributed by atoms with Gasteiger partial charge >= 0.3 is 7.12 Å². The molecule has 0 atom stereocenters. The molecule has 2 N–H and O–H groups in total. The van der Waals surface area contributed by atoms with Crippen LogP contribution in [0.3, 0.4) is 0 Å². The molecule has 0 spiro atoms. The quantitative estimate of drug-likeness (QED) is 0.827. The van der Waals surface area contributed by atoms with Gasteiger partial charge in [-0.1, -0.05) is 0 Å². The van der Waals surface area contributed by atoms with E-state index in [1.165, 1.54) is 6.07 Å². The Kier molecular flexibility index (Phi) is 4.42. The molecule has 0 aliphatic carbocycles. The Bertz CT molecular complexity index is 577. The zero-order valence-electron chi connectivity index (χ0n) is 13.3. The standard InChI is InChI=1S/C15H23BN2O3/c1-14(2)15(3,4)21-16(20-14)11(10-17-5)8-12-9-13(19)6-7-18-12/h6-9,17H,10H2,1-5H3,(H,18,19). The van der Waals surface area contributed by atoms with E-state index in [4.69, 9.17) is 9.31 Å². The number of rotatable bonds is 4. The minimum atomic E-state index is -0.425. The van der Waals surface area contributed by atoms with Gasteiger partial charge in [0.05, 0.1) is 11.2 Å². The van der Waals surface area contributed by atoms with Crippen molar-refractivity contribution < 1.29 is 9.31 Å². The van der Waals surface area contributed by atoms with Crippen LogP contribution in [0.4, 0.5) is 0 Å². The van der Waals surface area contributed by atoms with Gasteiger partial charge < -0.3 is 19.6 Å². The van der Waals surface area contributed by atoms with Crippen LogP contribution in [-0.4, -0.2) is 36.9 Å². The number of likely N-dealkylation sites (N-methyl/N-ethyl adjacent to an activating group) is 1. The minimum absolute atomic E-state index is 0.0299. The maximum absolute atomic E-state index is 11.4. The number of aromatic nitrogens is 1. The average molecular weight is 290 g/mol. The van der Waals surface area contributed by atoms with Crippen LogP contribution in [0, 0.1) is 0 Å². The lowest BCUT2D eigenvalue weighted by molar-refractivity contribution is 0.00578. The third kappa shape index (κ3) is 3.45. The van der Waals surface area contributed by atoms with Crippen LogP contribution in [0.15, 0.2) is 28.6 Å². The van der Waals surface area contributed by atoms with Gasteiger partial charge in [-0.05, 0) is 46.3 Å². The van der Waals surface area contributed by atoms with E-state index in [1.807, 2.05) is 40.8 Å². The van der Waals surface area contributed by atoms with Crippen molar-refractivity contribution in [3.8, 4) is 0 Å². The predicted octanol–water partition coefficient (Wildman–Crippen LogP) is 1.61. The van der Waals surface area contributed by atoms with Crippen LogP contribution >= 0.6 is 0 Å². The molecule has 6 heteroatoms. The van der Waals surface area contributed by atoms with E-state index in [-0.39, 0.29) is 16.6 Å². The fraction of sp³-hybridized carbons (Fsp3) is 0.533. The average Bonchev–Trinajstić information content (AvgIpc) is 2.58. The van der Waals surface area contributed by atoms with Crippen LogP contribution in [0.1, 0.15) is 33.4 Å². The number of hydrogen-bond acceptors (Lipinski definition) is 4. The highest BCUT2D eigenvalue weighted by molar-refractivity contribution is 6.55. The zero-order chi connectivity index (χ0) is 15.7. The molecule has 2 rings (SSSR count). The molecule has 0 aromatic carbocycles. The monoisotopic (exact) mass is 290 g/mol. The molecule has 114 valence electrons. The summed E-state index contributed by atoms with van der Waals surface area (Å²) in [5, 5.41) is 3.11. The van der Waals surface area contributed by atoms with E-state index in [0.29, 0.717) is 6.54 Å². The lowest BCUT2D eigenvalue weighted by atomic mass is 9.77. The van der Waals surface area contributed by atoms with Crippen molar-refractivity contribution in [2.75, 3.05) is 13.6 Å². The second-order valence-corrected chi connectivity index (χ2v) is 6.32. The maximum atomic E-state index is 11.4. The van der Waals surface area contributed by atoms with E-state index in [0.717, 1.165) is 11.2 Å². The van der Waals surface area contributed by atoms with Gasteiger partial charge in [0.2, 0.25) is 0 Å². The first-order valence-electron chi connectivity index (χ1n) is 7.14. The predicted molar refractivity (Wildman–Crippen MR) is 85.0 cm³/mol. The maximum Gasteiger partial charge on any atom is 0.491 e. The fourth-order valence-corrected chi connectivity index (χ4v) is 2.15. The first-order valence-corrected chi connectivity index (χ1v) is 7.14. The van der Waals surface area contributed by atoms with Crippen molar-refractivity contribution in [1.29, 1.82) is 0 Å². The summed E-state index contributed by atoms with van der Waals surface area (Å²) in [6.07, 6.45) is 3.54. The molecule has 1 saturated heterocycles. The lowest BCUT2D eigenvalue weighted by Gasteiger charge is -2.32. The van der Waals surface area contributed by atoms with E-state index < -0.39 is 7.12 Å². The van der Waals surface area contributed by atoms with Crippen molar-refractivity contribution in [3.63, 3.8) is 0 Å². The summed E-state index contributed by atoms with van der Waals surface area (Å²) < 4.78 is 12.1. The second kappa shape index (κ2) is 5.79. The minimum Gasteiger partial charge on any atom is -0.400 e. The normalized spacial score (nSPS) is 20.8. The van der Waals surface area contributed by atoms with Crippen molar-refractivity contribution in [2.24, 2.45) is 0 Å². The first kappa shape index (κ1) is 16.0. The van der Waals surface area contributed by atoms with Crippen LogP contribution in [0.5, 0.6) is 0 Å². The molecule has 0 amide bonds. The Morgan fingerprint density at radius 3 is 2.48 bits per heavy atom. The van der Waals surface area contributed by atoms with Gasteiger partial charge in [0, 0.05) is 30.6 Å². The molecule has 5 nitrogen and oxygen atoms in total. The molecular weight excluding hydrogens is 267 g/mol. The molecular formula is C15H23BN2O3. The van der Waals surface area contributed by atoms with Crippen LogP contribution in [0.2, 0.25) is 0 Å². The summed E-state index contributed by atoms with van der Waals surface area (Å²) >= 11 is 0. The van der Waals surface area contributed by atoms with E-state index in [2.05, 4.69) is 10.3 Å². The summed E-state index contributed by atoms with van der Waals surface area (Å²) in [7, 11) is 1.44. The molecule has 1 aliphatic rings. The van der Waals surface area contributed by atoms with Crippen LogP contribution in [-0.2, 0) is 9.31 Å². The largest absolute Gasteiger partial charge is 0.491 e. The van der Waals surface area contributed by atoms with E-state index >= 15 is 0 Å². The molecule has 0 radical (unpaired) electrons. The molecule has 21 heavy (non-hydrogen) atoms. The molecule has 2 heterocycles. The first-order chi connectivity index (χ1) is 9.75. The van der Waals surface area contributed by atoms with Gasteiger partial charge in [-0.25, -0.2) is 0 Å². The smallest absolute Gasteiger partial charge is 0.400 e. The molecule has 0 unspecified atom stereocenters. The van der Waals surface area contributed by atoms with Crippen LogP contribution < -0.4 is 10.7 Å². The zero-order valence-corrected chi connectivity index (χ0v) is 13.3. The van der Waals surface area contributed by atoms with Gasteiger partial charge in [0.15, 0.2) is 5.43 Å². The third-order valence-electron chi connectivity index (χ3n) is 4.07. The van der Waals surface area contributed by atoms with Gasteiger partial charge in [0.1, 0.15) is 0 Å². The van der Waals surface area contributed by atoms with E-state index in [1.54, 1.807) is 12.3 Å². The number of aromatic amines is 1. The molecule has 1 aromatic heterocycles. The summed E-state index contributed by atoms with van der Waals surface area (Å²) in [4.78, 5) is 14.5. The van der Waals surface area contributed by atoms with Crippen LogP contribution in [0.25, 0.3) is 6.08 Å².